The molecule has 3 N–H and O–H groups in total. The van der Waals surface area contributed by atoms with Crippen LogP contribution in [0.3, 0.4) is 0 Å². The van der Waals surface area contributed by atoms with Gasteiger partial charge in [0.25, 0.3) is 0 Å². The summed E-state index contributed by atoms with van der Waals surface area (Å²) in [5, 5.41) is 2.86. The largest absolute Gasteiger partial charge is 0.372 e. The molecule has 1 aromatic carbocycles. The predicted molar refractivity (Wildman–Crippen MR) is 81.5 cm³/mol. The first-order valence-corrected chi connectivity index (χ1v) is 6.79. The van der Waals surface area contributed by atoms with E-state index >= 15 is 0 Å². The zero-order chi connectivity index (χ0) is 14.5. The summed E-state index contributed by atoms with van der Waals surface area (Å²) in [5.74, 6) is -0.0527. The van der Waals surface area contributed by atoms with E-state index in [2.05, 4.69) is 24.1 Å². The Bertz CT molecular complexity index is 402. The average molecular weight is 263 g/mol. The molecule has 4 nitrogen and oxygen atoms in total. The topological polar surface area (TPSA) is 58.4 Å². The van der Waals surface area contributed by atoms with Crippen molar-refractivity contribution in [1.82, 2.24) is 0 Å². The zero-order valence-corrected chi connectivity index (χ0v) is 12.4. The van der Waals surface area contributed by atoms with Crippen molar-refractivity contribution >= 4 is 17.3 Å². The van der Waals surface area contributed by atoms with Crippen molar-refractivity contribution in [3.8, 4) is 0 Å². The highest BCUT2D eigenvalue weighted by Crippen LogP contribution is 2.18. The van der Waals surface area contributed by atoms with Crippen molar-refractivity contribution in [2.24, 2.45) is 5.73 Å². The Balaban J connectivity index is 2.64. The molecule has 0 aliphatic heterocycles. The minimum Gasteiger partial charge on any atom is -0.372 e. The van der Waals surface area contributed by atoms with Gasteiger partial charge in [0.05, 0.1) is 0 Å². The van der Waals surface area contributed by atoms with E-state index in [9.17, 15) is 4.79 Å². The zero-order valence-electron chi connectivity index (χ0n) is 12.4. The molecule has 0 aliphatic carbocycles. The normalized spacial score (nSPS) is 11.2. The van der Waals surface area contributed by atoms with Crippen LogP contribution in [0, 0.1) is 0 Å². The van der Waals surface area contributed by atoms with E-state index in [1.54, 1.807) is 0 Å². The van der Waals surface area contributed by atoms with Gasteiger partial charge in [0.2, 0.25) is 5.91 Å². The number of carbonyl (C=O) groups excluding carboxylic acids is 1. The number of amides is 1. The second-order valence-corrected chi connectivity index (χ2v) is 5.43. The van der Waals surface area contributed by atoms with E-state index in [0.29, 0.717) is 6.42 Å². The Hall–Kier alpha value is -1.55. The van der Waals surface area contributed by atoms with E-state index < -0.39 is 5.54 Å². The lowest BCUT2D eigenvalue weighted by Gasteiger charge is -2.21. The average Bonchev–Trinajstić information content (AvgIpc) is 2.30. The van der Waals surface area contributed by atoms with Crippen LogP contribution in [0.2, 0.25) is 0 Å². The van der Waals surface area contributed by atoms with Gasteiger partial charge in [-0.1, -0.05) is 0 Å². The van der Waals surface area contributed by atoms with Crippen molar-refractivity contribution in [2.75, 3.05) is 23.3 Å². The number of carbonyl (C=O) groups is 1. The minimum absolute atomic E-state index is 0.0527. The summed E-state index contributed by atoms with van der Waals surface area (Å²) in [6.45, 7) is 9.89. The van der Waals surface area contributed by atoms with Crippen LogP contribution in [0.1, 0.15) is 34.1 Å². The molecular weight excluding hydrogens is 238 g/mol. The predicted octanol–water partition coefficient (Wildman–Crippen LogP) is 2.60. The van der Waals surface area contributed by atoms with Crippen molar-refractivity contribution < 1.29 is 4.79 Å². The maximum absolute atomic E-state index is 11.8. The lowest BCUT2D eigenvalue weighted by atomic mass is 10.0. The second-order valence-electron chi connectivity index (χ2n) is 5.43. The van der Waals surface area contributed by atoms with Gasteiger partial charge in [-0.15, -0.1) is 0 Å². The maximum atomic E-state index is 11.8. The van der Waals surface area contributed by atoms with Crippen LogP contribution in [-0.2, 0) is 4.79 Å². The molecule has 0 fully saturated rings. The first kappa shape index (κ1) is 15.5. The first-order chi connectivity index (χ1) is 8.85. The van der Waals surface area contributed by atoms with Crippen LogP contribution in [0.5, 0.6) is 0 Å². The lowest BCUT2D eigenvalue weighted by Crippen LogP contribution is -2.36. The quantitative estimate of drug-likeness (QED) is 0.829. The molecule has 0 unspecified atom stereocenters. The van der Waals surface area contributed by atoms with Gasteiger partial charge < -0.3 is 16.0 Å². The van der Waals surface area contributed by atoms with Gasteiger partial charge in [0.15, 0.2) is 0 Å². The fraction of sp³-hybridized carbons (Fsp3) is 0.533. The number of hydrogen-bond acceptors (Lipinski definition) is 3. The number of nitrogens with two attached hydrogens (primary N) is 1. The van der Waals surface area contributed by atoms with Crippen molar-refractivity contribution in [3.05, 3.63) is 24.3 Å². The molecule has 1 rings (SSSR count). The molecule has 19 heavy (non-hydrogen) atoms. The number of nitrogens with zero attached hydrogens (tertiary/aromatic N) is 1. The van der Waals surface area contributed by atoms with Crippen LogP contribution in [-0.4, -0.2) is 24.5 Å². The molecule has 4 heteroatoms. The van der Waals surface area contributed by atoms with Crippen LogP contribution >= 0.6 is 0 Å². The van der Waals surface area contributed by atoms with Gasteiger partial charge in [-0.3, -0.25) is 4.79 Å². The minimum atomic E-state index is -0.481. The van der Waals surface area contributed by atoms with Crippen molar-refractivity contribution in [1.29, 1.82) is 0 Å². The molecule has 0 saturated carbocycles. The second kappa shape index (κ2) is 6.57. The molecule has 0 bridgehead atoms. The van der Waals surface area contributed by atoms with E-state index in [1.165, 1.54) is 5.69 Å². The van der Waals surface area contributed by atoms with Crippen LogP contribution in [0.15, 0.2) is 24.3 Å². The van der Waals surface area contributed by atoms with Crippen molar-refractivity contribution in [2.45, 2.75) is 39.7 Å². The smallest absolute Gasteiger partial charge is 0.226 e. The molecule has 1 aromatic rings. The molecule has 0 aromatic heterocycles. The van der Waals surface area contributed by atoms with E-state index in [0.717, 1.165) is 18.8 Å². The van der Waals surface area contributed by atoms with Crippen LogP contribution in [0.25, 0.3) is 0 Å². The summed E-state index contributed by atoms with van der Waals surface area (Å²) in [6.07, 6.45) is 0.310. The Morgan fingerprint density at radius 3 is 2.16 bits per heavy atom. The molecule has 0 atom stereocenters. The van der Waals surface area contributed by atoms with Gasteiger partial charge in [0.1, 0.15) is 0 Å². The molecule has 106 valence electrons. The highest BCUT2D eigenvalue weighted by molar-refractivity contribution is 5.91. The monoisotopic (exact) mass is 263 g/mol. The van der Waals surface area contributed by atoms with Crippen LogP contribution in [0.4, 0.5) is 11.4 Å². The summed E-state index contributed by atoms with van der Waals surface area (Å²) < 4.78 is 0. The lowest BCUT2D eigenvalue weighted by molar-refractivity contribution is -0.117. The number of rotatable bonds is 6. The summed E-state index contributed by atoms with van der Waals surface area (Å²) in [6, 6.07) is 7.90. The summed E-state index contributed by atoms with van der Waals surface area (Å²) in [7, 11) is 0. The Kier molecular flexibility index (Phi) is 5.36. The number of nitrogens with one attached hydrogen (secondary N) is 1. The molecule has 0 radical (unpaired) electrons. The van der Waals surface area contributed by atoms with Gasteiger partial charge >= 0.3 is 0 Å². The standard InChI is InChI=1S/C15H25N3O/c1-5-18(6-2)13-9-7-12(8-10-13)17-14(19)11-15(3,4)16/h7-10H,5-6,11,16H2,1-4H3,(H,17,19). The third kappa shape index (κ3) is 5.30. The highest BCUT2D eigenvalue weighted by atomic mass is 16.1. The Labute approximate surface area is 116 Å². The molecule has 0 heterocycles. The summed E-state index contributed by atoms with van der Waals surface area (Å²) >= 11 is 0. The third-order valence-electron chi connectivity index (χ3n) is 2.90. The van der Waals surface area contributed by atoms with E-state index in [1.807, 2.05) is 38.1 Å². The molecule has 1 amide bonds. The van der Waals surface area contributed by atoms with Gasteiger partial charge in [-0.05, 0) is 52.0 Å². The third-order valence-corrected chi connectivity index (χ3v) is 2.90. The molecular formula is C15H25N3O. The Morgan fingerprint density at radius 2 is 1.74 bits per heavy atom. The van der Waals surface area contributed by atoms with Crippen molar-refractivity contribution in [3.63, 3.8) is 0 Å². The SMILES string of the molecule is CCN(CC)c1ccc(NC(=O)CC(C)(C)N)cc1. The molecule has 0 aliphatic rings. The summed E-state index contributed by atoms with van der Waals surface area (Å²) in [5.41, 5.74) is 7.32. The van der Waals surface area contributed by atoms with E-state index in [-0.39, 0.29) is 5.91 Å². The molecule has 0 saturated heterocycles. The van der Waals surface area contributed by atoms with Gasteiger partial charge in [-0.2, -0.15) is 0 Å². The fourth-order valence-corrected chi connectivity index (χ4v) is 1.96. The summed E-state index contributed by atoms with van der Waals surface area (Å²) in [4.78, 5) is 14.0. The first-order valence-electron chi connectivity index (χ1n) is 6.79. The van der Waals surface area contributed by atoms with E-state index in [4.69, 9.17) is 5.73 Å². The fourth-order valence-electron chi connectivity index (χ4n) is 1.96. The van der Waals surface area contributed by atoms with Gasteiger partial charge in [0, 0.05) is 36.4 Å². The Morgan fingerprint density at radius 1 is 1.21 bits per heavy atom. The van der Waals surface area contributed by atoms with Crippen LogP contribution < -0.4 is 16.0 Å². The highest BCUT2D eigenvalue weighted by Gasteiger charge is 2.16. The number of benzene rings is 1. The molecule has 0 spiro atoms. The van der Waals surface area contributed by atoms with Gasteiger partial charge in [-0.25, -0.2) is 0 Å². The number of hydrogen-bond donors (Lipinski definition) is 2. The maximum Gasteiger partial charge on any atom is 0.226 e. The number of anilines is 2.